The molecule has 35 heavy (non-hydrogen) atoms. The summed E-state index contributed by atoms with van der Waals surface area (Å²) in [4.78, 5) is 19.6. The minimum atomic E-state index is -0.831. The highest BCUT2D eigenvalue weighted by Gasteiger charge is 2.37. The molecular formula is C24H18F2N4O4S. The molecule has 2 amide bonds. The molecule has 0 bridgehead atoms. The molecule has 2 aromatic carbocycles. The summed E-state index contributed by atoms with van der Waals surface area (Å²) in [5, 5.41) is 19.1. The molecule has 2 N–H and O–H groups in total. The van der Waals surface area contributed by atoms with Gasteiger partial charge in [0.05, 0.1) is 29.3 Å². The van der Waals surface area contributed by atoms with Gasteiger partial charge in [0.2, 0.25) is 5.82 Å². The van der Waals surface area contributed by atoms with Crippen molar-refractivity contribution in [3.63, 3.8) is 0 Å². The SMILES string of the molecule is COc1ccc(C2NC(=O)N(c3cc(F)cc(F)c3)C(C)=C2c2nc(-c3cccs3)no2)cc1O. The summed E-state index contributed by atoms with van der Waals surface area (Å²) in [6, 6.07) is 9.75. The van der Waals surface area contributed by atoms with Crippen molar-refractivity contribution in [2.24, 2.45) is 0 Å². The number of thiophene rings is 1. The molecule has 1 aliphatic heterocycles. The van der Waals surface area contributed by atoms with Gasteiger partial charge in [-0.25, -0.2) is 13.6 Å². The van der Waals surface area contributed by atoms with Crippen LogP contribution in [0.3, 0.4) is 0 Å². The normalized spacial score (nSPS) is 15.9. The maximum atomic E-state index is 14.0. The van der Waals surface area contributed by atoms with E-state index in [2.05, 4.69) is 15.5 Å². The smallest absolute Gasteiger partial charge is 0.327 e. The average Bonchev–Trinajstić information content (AvgIpc) is 3.50. The van der Waals surface area contributed by atoms with Crippen molar-refractivity contribution in [2.45, 2.75) is 13.0 Å². The van der Waals surface area contributed by atoms with Crippen molar-refractivity contribution in [3.8, 4) is 22.2 Å². The molecule has 0 spiro atoms. The molecule has 0 saturated heterocycles. The molecule has 8 nitrogen and oxygen atoms in total. The number of benzene rings is 2. The Morgan fingerprint density at radius 2 is 1.94 bits per heavy atom. The summed E-state index contributed by atoms with van der Waals surface area (Å²) in [5.41, 5.74) is 1.21. The van der Waals surface area contributed by atoms with Gasteiger partial charge in [-0.2, -0.15) is 4.98 Å². The third-order valence-corrected chi connectivity index (χ3v) is 6.39. The molecule has 0 fully saturated rings. The lowest BCUT2D eigenvalue weighted by atomic mass is 9.94. The topological polar surface area (TPSA) is 101 Å². The fourth-order valence-electron chi connectivity index (χ4n) is 3.97. The highest BCUT2D eigenvalue weighted by atomic mass is 32.1. The largest absolute Gasteiger partial charge is 0.504 e. The molecule has 1 atom stereocenters. The first-order chi connectivity index (χ1) is 16.9. The van der Waals surface area contributed by atoms with E-state index in [1.165, 1.54) is 24.5 Å². The van der Waals surface area contributed by atoms with Gasteiger partial charge in [-0.15, -0.1) is 11.3 Å². The molecular weight excluding hydrogens is 478 g/mol. The second-order valence-electron chi connectivity index (χ2n) is 7.68. The van der Waals surface area contributed by atoms with Gasteiger partial charge in [0, 0.05) is 11.8 Å². The number of nitrogens with zero attached hydrogens (tertiary/aromatic N) is 3. The number of hydrogen-bond donors (Lipinski definition) is 2. The number of aromatic nitrogens is 2. The van der Waals surface area contributed by atoms with E-state index in [-0.39, 0.29) is 23.1 Å². The molecule has 5 rings (SSSR count). The Balaban J connectivity index is 1.68. The van der Waals surface area contributed by atoms with Gasteiger partial charge in [-0.3, -0.25) is 4.90 Å². The van der Waals surface area contributed by atoms with Crippen LogP contribution in [0.15, 0.2) is 64.1 Å². The molecule has 1 aliphatic rings. The second-order valence-corrected chi connectivity index (χ2v) is 8.62. The number of allylic oxidation sites excluding steroid dienone is 1. The van der Waals surface area contributed by atoms with E-state index in [4.69, 9.17) is 9.26 Å². The highest BCUT2D eigenvalue weighted by molar-refractivity contribution is 7.13. The number of aromatic hydroxyl groups is 1. The van der Waals surface area contributed by atoms with Gasteiger partial charge in [-0.1, -0.05) is 17.3 Å². The fourth-order valence-corrected chi connectivity index (χ4v) is 4.62. The molecule has 2 aromatic heterocycles. The first kappa shape index (κ1) is 22.5. The number of phenolic OH excluding ortho intramolecular Hbond substituents is 1. The minimum absolute atomic E-state index is 0.0102. The monoisotopic (exact) mass is 496 g/mol. The predicted molar refractivity (Wildman–Crippen MR) is 125 cm³/mol. The summed E-state index contributed by atoms with van der Waals surface area (Å²) in [5.74, 6) is -1.08. The minimum Gasteiger partial charge on any atom is -0.504 e. The van der Waals surface area contributed by atoms with E-state index in [9.17, 15) is 18.7 Å². The number of urea groups is 1. The van der Waals surface area contributed by atoms with Crippen LogP contribution < -0.4 is 15.0 Å². The van der Waals surface area contributed by atoms with Crippen LogP contribution in [0.5, 0.6) is 11.5 Å². The van der Waals surface area contributed by atoms with Crippen LogP contribution in [-0.4, -0.2) is 28.4 Å². The number of halogens is 2. The number of amides is 2. The average molecular weight is 496 g/mol. The van der Waals surface area contributed by atoms with Gasteiger partial charge in [0.15, 0.2) is 11.5 Å². The number of phenols is 1. The van der Waals surface area contributed by atoms with Crippen molar-refractivity contribution in [1.29, 1.82) is 0 Å². The van der Waals surface area contributed by atoms with E-state index in [0.717, 1.165) is 28.0 Å². The predicted octanol–water partition coefficient (Wildman–Crippen LogP) is 5.49. The summed E-state index contributed by atoms with van der Waals surface area (Å²) in [6.45, 7) is 1.61. The molecule has 4 aromatic rings. The summed E-state index contributed by atoms with van der Waals surface area (Å²) in [6.07, 6.45) is 0. The lowest BCUT2D eigenvalue weighted by Crippen LogP contribution is -2.46. The molecule has 178 valence electrons. The maximum Gasteiger partial charge on any atom is 0.327 e. The Hall–Kier alpha value is -4.25. The van der Waals surface area contributed by atoms with Crippen molar-refractivity contribution >= 4 is 28.6 Å². The Kier molecular flexibility index (Phi) is 5.69. The summed E-state index contributed by atoms with van der Waals surface area (Å²) >= 11 is 1.43. The van der Waals surface area contributed by atoms with Gasteiger partial charge in [0.25, 0.3) is 5.89 Å². The quantitative estimate of drug-likeness (QED) is 0.379. The number of rotatable bonds is 5. The van der Waals surface area contributed by atoms with E-state index < -0.39 is 23.7 Å². The highest BCUT2D eigenvalue weighted by Crippen LogP contribution is 2.41. The Labute approximate surface area is 202 Å². The van der Waals surface area contributed by atoms with Gasteiger partial charge in [0.1, 0.15) is 11.6 Å². The van der Waals surface area contributed by atoms with Crippen LogP contribution in [-0.2, 0) is 0 Å². The zero-order valence-corrected chi connectivity index (χ0v) is 19.3. The van der Waals surface area contributed by atoms with Crippen LogP contribution in [0.2, 0.25) is 0 Å². The Morgan fingerprint density at radius 3 is 2.60 bits per heavy atom. The first-order valence-corrected chi connectivity index (χ1v) is 11.3. The Bertz CT molecular complexity index is 1430. The lowest BCUT2D eigenvalue weighted by molar-refractivity contribution is 0.244. The van der Waals surface area contributed by atoms with Gasteiger partial charge in [-0.05, 0) is 48.2 Å². The third-order valence-electron chi connectivity index (χ3n) is 5.52. The van der Waals surface area contributed by atoms with Gasteiger partial charge < -0.3 is 19.7 Å². The lowest BCUT2D eigenvalue weighted by Gasteiger charge is -2.35. The van der Waals surface area contributed by atoms with Gasteiger partial charge >= 0.3 is 6.03 Å². The van der Waals surface area contributed by atoms with E-state index in [1.54, 1.807) is 19.1 Å². The van der Waals surface area contributed by atoms with Crippen LogP contribution in [0, 0.1) is 11.6 Å². The zero-order chi connectivity index (χ0) is 24.7. The van der Waals surface area contributed by atoms with Crippen LogP contribution in [0.1, 0.15) is 24.4 Å². The number of ether oxygens (including phenoxy) is 1. The van der Waals surface area contributed by atoms with Crippen molar-refractivity contribution in [2.75, 3.05) is 12.0 Å². The fraction of sp³-hybridized carbons (Fsp3) is 0.125. The molecule has 0 radical (unpaired) electrons. The number of carbonyl (C=O) groups is 1. The number of carbonyl (C=O) groups excluding carboxylic acids is 1. The van der Waals surface area contributed by atoms with Crippen LogP contribution in [0.4, 0.5) is 19.3 Å². The molecule has 3 heterocycles. The van der Waals surface area contributed by atoms with Crippen LogP contribution in [0.25, 0.3) is 16.3 Å². The molecule has 0 aliphatic carbocycles. The van der Waals surface area contributed by atoms with E-state index in [1.807, 2.05) is 17.5 Å². The molecule has 11 heteroatoms. The maximum absolute atomic E-state index is 14.0. The number of hydrogen-bond acceptors (Lipinski definition) is 7. The number of methoxy groups -OCH3 is 1. The standard InChI is InChI=1S/C24H18F2N4O4S/c1-12-20(23-28-22(29-34-23)19-4-3-7-35-19)21(13-5-6-18(33-2)17(31)8-13)27-24(32)30(12)16-10-14(25)9-15(26)11-16/h3-11,21,31H,1-2H3,(H,27,32). The van der Waals surface area contributed by atoms with Crippen molar-refractivity contribution in [1.82, 2.24) is 15.5 Å². The molecule has 0 saturated carbocycles. The first-order valence-electron chi connectivity index (χ1n) is 10.4. The molecule has 1 unspecified atom stereocenters. The zero-order valence-electron chi connectivity index (χ0n) is 18.5. The Morgan fingerprint density at radius 1 is 1.17 bits per heavy atom. The summed E-state index contributed by atoms with van der Waals surface area (Å²) in [7, 11) is 1.42. The van der Waals surface area contributed by atoms with Crippen molar-refractivity contribution in [3.05, 3.63) is 82.7 Å². The number of nitrogens with one attached hydrogen (secondary N) is 1. The van der Waals surface area contributed by atoms with Crippen LogP contribution >= 0.6 is 11.3 Å². The summed E-state index contributed by atoms with van der Waals surface area (Å²) < 4.78 is 38.6. The van der Waals surface area contributed by atoms with Crippen molar-refractivity contribution < 1.29 is 27.9 Å². The number of anilines is 1. The van der Waals surface area contributed by atoms with E-state index >= 15 is 0 Å². The van der Waals surface area contributed by atoms with E-state index in [0.29, 0.717) is 22.7 Å². The second kappa shape index (κ2) is 8.84. The third kappa shape index (κ3) is 4.10.